The number of epoxide rings is 1. The van der Waals surface area contributed by atoms with Crippen LogP contribution < -0.4 is 0 Å². The second kappa shape index (κ2) is 16.8. The van der Waals surface area contributed by atoms with Crippen molar-refractivity contribution >= 4 is 24.1 Å². The zero-order chi connectivity index (χ0) is 40.6. The summed E-state index contributed by atoms with van der Waals surface area (Å²) in [5.74, 6) is -3.19. The Morgan fingerprint density at radius 3 is 1.89 bits per heavy atom. The molecule has 0 radical (unpaired) electrons. The third-order valence-corrected chi connectivity index (χ3v) is 10.8. The number of phenolic OH excluding ortho intramolecular Hbond substituents is 2. The van der Waals surface area contributed by atoms with Crippen molar-refractivity contribution in [1.29, 1.82) is 0 Å². The van der Waals surface area contributed by atoms with Gasteiger partial charge in [0.1, 0.15) is 53.7 Å². The van der Waals surface area contributed by atoms with E-state index in [2.05, 4.69) is 0 Å². The van der Waals surface area contributed by atoms with Gasteiger partial charge in [-0.2, -0.15) is 0 Å². The van der Waals surface area contributed by atoms with Crippen molar-refractivity contribution in [3.05, 3.63) is 84.1 Å². The van der Waals surface area contributed by atoms with E-state index in [1.165, 1.54) is 49.6 Å². The number of carbonyl (C=O) groups is 2. The first-order chi connectivity index (χ1) is 27.3. The molecule has 7 rings (SSSR count). The van der Waals surface area contributed by atoms with Gasteiger partial charge < -0.3 is 78.7 Å². The number of aromatic hydroxyl groups is 2. The summed E-state index contributed by atoms with van der Waals surface area (Å²) in [6.45, 7) is 0.293. The monoisotopic (exact) mass is 800 g/mol. The maximum atomic E-state index is 13.2. The van der Waals surface area contributed by atoms with Crippen LogP contribution in [0.5, 0.6) is 11.5 Å². The van der Waals surface area contributed by atoms with Crippen molar-refractivity contribution in [2.45, 2.75) is 92.4 Å². The van der Waals surface area contributed by atoms with Crippen LogP contribution in [-0.4, -0.2) is 152 Å². The highest BCUT2D eigenvalue weighted by molar-refractivity contribution is 5.88. The van der Waals surface area contributed by atoms with E-state index in [4.69, 9.17) is 37.9 Å². The van der Waals surface area contributed by atoms with Gasteiger partial charge in [-0.3, -0.25) is 0 Å². The van der Waals surface area contributed by atoms with Crippen LogP contribution >= 0.6 is 0 Å². The number of aliphatic hydroxyl groups is 6. The van der Waals surface area contributed by atoms with E-state index >= 15 is 0 Å². The van der Waals surface area contributed by atoms with Crippen molar-refractivity contribution in [2.75, 3.05) is 13.2 Å². The molecular formula is C39H44O18. The molecule has 8 N–H and O–H groups in total. The highest BCUT2D eigenvalue weighted by Crippen LogP contribution is 2.61. The smallest absolute Gasteiger partial charge is 0.331 e. The summed E-state index contributed by atoms with van der Waals surface area (Å²) in [6.07, 6.45) is -10.1. The zero-order valence-electron chi connectivity index (χ0n) is 30.3. The van der Waals surface area contributed by atoms with Crippen molar-refractivity contribution in [3.8, 4) is 11.5 Å². The van der Waals surface area contributed by atoms with Crippen molar-refractivity contribution in [3.63, 3.8) is 0 Å². The third kappa shape index (κ3) is 8.30. The van der Waals surface area contributed by atoms with Gasteiger partial charge in [0, 0.05) is 18.1 Å². The quantitative estimate of drug-likeness (QED) is 0.0742. The molecule has 4 fully saturated rings. The summed E-state index contributed by atoms with van der Waals surface area (Å²) < 4.78 is 47.1. The predicted molar refractivity (Wildman–Crippen MR) is 190 cm³/mol. The molecule has 1 saturated carbocycles. The van der Waals surface area contributed by atoms with Crippen LogP contribution in [-0.2, 0) is 47.5 Å². The van der Waals surface area contributed by atoms with Crippen molar-refractivity contribution in [2.24, 2.45) is 11.8 Å². The Bertz CT molecular complexity index is 1810. The lowest BCUT2D eigenvalue weighted by atomic mass is 9.85. The molecule has 57 heavy (non-hydrogen) atoms. The minimum atomic E-state index is -1.74. The Hall–Kier alpha value is -4.44. The lowest BCUT2D eigenvalue weighted by molar-refractivity contribution is -0.347. The van der Waals surface area contributed by atoms with Crippen LogP contribution in [0.3, 0.4) is 0 Å². The van der Waals surface area contributed by atoms with Gasteiger partial charge in [0.05, 0.1) is 37.6 Å². The molecule has 2 aromatic rings. The second-order valence-corrected chi connectivity index (χ2v) is 14.4. The number of rotatable bonds is 12. The number of fused-ring (bicyclic) bond motifs is 3. The molecule has 4 aliphatic heterocycles. The summed E-state index contributed by atoms with van der Waals surface area (Å²) >= 11 is 0. The molecule has 16 atom stereocenters. The van der Waals surface area contributed by atoms with Gasteiger partial charge in [-0.15, -0.1) is 0 Å². The minimum Gasteiger partial charge on any atom is -0.508 e. The fourth-order valence-corrected chi connectivity index (χ4v) is 7.70. The third-order valence-electron chi connectivity index (χ3n) is 10.8. The Morgan fingerprint density at radius 2 is 1.32 bits per heavy atom. The molecule has 5 aliphatic rings. The Labute approximate surface area is 325 Å². The Balaban J connectivity index is 1.10. The number of benzene rings is 2. The minimum absolute atomic E-state index is 0.0231. The molecular weight excluding hydrogens is 756 g/mol. The molecule has 16 unspecified atom stereocenters. The summed E-state index contributed by atoms with van der Waals surface area (Å²) in [4.78, 5) is 26.1. The van der Waals surface area contributed by atoms with Crippen molar-refractivity contribution < 1.29 is 88.3 Å². The summed E-state index contributed by atoms with van der Waals surface area (Å²) in [6, 6.07) is 12.0. The number of aliphatic hydroxyl groups excluding tert-OH is 6. The van der Waals surface area contributed by atoms with Gasteiger partial charge in [0.2, 0.25) is 6.29 Å². The first-order valence-corrected chi connectivity index (χ1v) is 18.2. The van der Waals surface area contributed by atoms with Gasteiger partial charge >= 0.3 is 11.9 Å². The van der Waals surface area contributed by atoms with Crippen LogP contribution in [0.4, 0.5) is 0 Å². The molecule has 0 spiro atoms. The lowest BCUT2D eigenvalue weighted by Gasteiger charge is -2.44. The Kier molecular flexibility index (Phi) is 12.0. The van der Waals surface area contributed by atoms with E-state index < -0.39 is 122 Å². The first kappa shape index (κ1) is 40.7. The maximum absolute atomic E-state index is 13.2. The normalized spacial score (nSPS) is 39.7. The SMILES string of the molecule is CC1OC(OC2C3C=COC(OC4OC(CO)C(O)C(O)C4O)C3C3(CO)OC23)C(OC(=O)C=Cc2ccc(O)cc2)C(O)C1OC(=O)C=Cc1ccc(O)cc1. The number of esters is 2. The number of hydrogen-bond acceptors (Lipinski definition) is 18. The van der Waals surface area contributed by atoms with E-state index in [1.54, 1.807) is 30.3 Å². The molecule has 18 nitrogen and oxygen atoms in total. The van der Waals surface area contributed by atoms with Gasteiger partial charge in [-0.25, -0.2) is 9.59 Å². The molecule has 2 aromatic carbocycles. The number of ether oxygens (including phenoxy) is 8. The van der Waals surface area contributed by atoms with E-state index in [0.29, 0.717) is 11.1 Å². The highest BCUT2D eigenvalue weighted by atomic mass is 16.8. The summed E-state index contributed by atoms with van der Waals surface area (Å²) in [5.41, 5.74) is -0.175. The standard InChI is InChI=1S/C39H44O18/c1-18-32(53-25(44)12-6-19-2-8-21(42)9-3-19)31(49)34(54-26(45)13-7-20-4-10-22(43)11-5-20)38(51-18)55-33-23-14-15-50-36(27(23)39(17-41)35(33)57-39)56-37-30(48)29(47)28(46)24(16-40)52-37/h2-15,18,23-24,27-38,40-43,46-49H,16-17H2,1H3. The van der Waals surface area contributed by atoms with E-state index in [1.807, 2.05) is 0 Å². The van der Waals surface area contributed by atoms with Crippen LogP contribution in [0, 0.1) is 11.8 Å². The van der Waals surface area contributed by atoms with Gasteiger partial charge in [-0.05, 0) is 60.5 Å². The zero-order valence-corrected chi connectivity index (χ0v) is 30.3. The average molecular weight is 801 g/mol. The highest BCUT2D eigenvalue weighted by Gasteiger charge is 2.77. The molecule has 0 amide bonds. The van der Waals surface area contributed by atoms with Gasteiger partial charge in [0.15, 0.2) is 24.8 Å². The van der Waals surface area contributed by atoms with Crippen LogP contribution in [0.1, 0.15) is 18.1 Å². The molecule has 4 heterocycles. The fraction of sp³-hybridized carbons (Fsp3) is 0.487. The maximum Gasteiger partial charge on any atom is 0.331 e. The molecule has 18 heteroatoms. The lowest BCUT2D eigenvalue weighted by Crippen LogP contribution is -2.61. The van der Waals surface area contributed by atoms with Gasteiger partial charge in [0.25, 0.3) is 0 Å². The summed E-state index contributed by atoms with van der Waals surface area (Å²) in [5, 5.41) is 82.2. The second-order valence-electron chi connectivity index (χ2n) is 14.4. The first-order valence-electron chi connectivity index (χ1n) is 18.2. The summed E-state index contributed by atoms with van der Waals surface area (Å²) in [7, 11) is 0. The van der Waals surface area contributed by atoms with Crippen molar-refractivity contribution in [1.82, 2.24) is 0 Å². The topological polar surface area (TPSA) is 273 Å². The fourth-order valence-electron chi connectivity index (χ4n) is 7.70. The predicted octanol–water partition coefficient (Wildman–Crippen LogP) is -0.799. The number of carbonyl (C=O) groups excluding carboxylic acids is 2. The molecule has 308 valence electrons. The van der Waals surface area contributed by atoms with Crippen LogP contribution in [0.15, 0.2) is 73.0 Å². The Morgan fingerprint density at radius 1 is 0.719 bits per heavy atom. The average Bonchev–Trinajstić information content (AvgIpc) is 3.88. The molecule has 3 saturated heterocycles. The van der Waals surface area contributed by atoms with Crippen LogP contribution in [0.25, 0.3) is 12.2 Å². The van der Waals surface area contributed by atoms with E-state index in [0.717, 1.165) is 12.2 Å². The van der Waals surface area contributed by atoms with E-state index in [9.17, 15) is 50.4 Å². The molecule has 0 aromatic heterocycles. The molecule has 0 bridgehead atoms. The molecule has 1 aliphatic carbocycles. The van der Waals surface area contributed by atoms with E-state index in [-0.39, 0.29) is 11.5 Å². The van der Waals surface area contributed by atoms with Gasteiger partial charge in [-0.1, -0.05) is 24.3 Å². The number of phenols is 2. The van der Waals surface area contributed by atoms with Crippen LogP contribution in [0.2, 0.25) is 0 Å². The number of hydrogen-bond donors (Lipinski definition) is 8. The largest absolute Gasteiger partial charge is 0.508 e.